The maximum atomic E-state index is 12.3. The van der Waals surface area contributed by atoms with Gasteiger partial charge in [-0.2, -0.15) is 0 Å². The molecule has 0 bridgehead atoms. The number of hydrogen-bond acceptors (Lipinski definition) is 3. The molecule has 0 radical (unpaired) electrons. The van der Waals surface area contributed by atoms with Gasteiger partial charge in [-0.1, -0.05) is 19.4 Å². The molecule has 1 aliphatic carbocycles. The third-order valence-corrected chi connectivity index (χ3v) is 4.37. The van der Waals surface area contributed by atoms with Gasteiger partial charge in [-0.25, -0.2) is 0 Å². The molecule has 3 rings (SSSR count). The van der Waals surface area contributed by atoms with Gasteiger partial charge in [0.2, 0.25) is 5.91 Å². The van der Waals surface area contributed by atoms with Gasteiger partial charge >= 0.3 is 0 Å². The summed E-state index contributed by atoms with van der Waals surface area (Å²) in [5.74, 6) is 2.14. The van der Waals surface area contributed by atoms with Crippen LogP contribution < -0.4 is 14.8 Å². The fraction of sp³-hybridized carbons (Fsp3) is 0.588. The Morgan fingerprint density at radius 3 is 2.86 bits per heavy atom. The van der Waals surface area contributed by atoms with Crippen LogP contribution in [0.1, 0.15) is 44.6 Å². The number of fused-ring (bicyclic) bond motifs is 1. The maximum absolute atomic E-state index is 12.3. The van der Waals surface area contributed by atoms with Crippen LogP contribution in [0.3, 0.4) is 0 Å². The van der Waals surface area contributed by atoms with Crippen molar-refractivity contribution >= 4 is 5.91 Å². The Kier molecular flexibility index (Phi) is 4.04. The summed E-state index contributed by atoms with van der Waals surface area (Å²) in [4.78, 5) is 12.3. The first-order chi connectivity index (χ1) is 10.2. The van der Waals surface area contributed by atoms with E-state index in [1.54, 1.807) is 0 Å². The molecule has 1 aliphatic heterocycles. The third kappa shape index (κ3) is 3.14. The predicted octanol–water partition coefficient (Wildman–Crippen LogP) is 2.87. The summed E-state index contributed by atoms with van der Waals surface area (Å²) >= 11 is 0. The zero-order valence-corrected chi connectivity index (χ0v) is 12.7. The lowest BCUT2D eigenvalue weighted by molar-refractivity contribution is -0.122. The van der Waals surface area contributed by atoms with Gasteiger partial charge in [-0.3, -0.25) is 4.79 Å². The second-order valence-corrected chi connectivity index (χ2v) is 6.02. The van der Waals surface area contributed by atoms with E-state index in [0.29, 0.717) is 25.2 Å². The van der Waals surface area contributed by atoms with Crippen molar-refractivity contribution in [2.75, 3.05) is 13.2 Å². The van der Waals surface area contributed by atoms with E-state index in [4.69, 9.17) is 9.47 Å². The average Bonchev–Trinajstić information content (AvgIpc) is 3.24. The second-order valence-electron chi connectivity index (χ2n) is 6.02. The summed E-state index contributed by atoms with van der Waals surface area (Å²) in [6.45, 7) is 5.29. The number of amides is 1. The summed E-state index contributed by atoms with van der Waals surface area (Å²) in [5.41, 5.74) is 0.976. The molecular weight excluding hydrogens is 266 g/mol. The van der Waals surface area contributed by atoms with Gasteiger partial charge in [0.15, 0.2) is 11.5 Å². The van der Waals surface area contributed by atoms with Crippen LogP contribution in [-0.2, 0) is 4.79 Å². The monoisotopic (exact) mass is 289 g/mol. The Balaban J connectivity index is 1.62. The van der Waals surface area contributed by atoms with E-state index >= 15 is 0 Å². The molecule has 0 saturated heterocycles. The van der Waals surface area contributed by atoms with Gasteiger partial charge in [0, 0.05) is 6.04 Å². The number of ether oxygens (including phenoxy) is 2. The van der Waals surface area contributed by atoms with E-state index < -0.39 is 0 Å². The minimum atomic E-state index is -0.163. The van der Waals surface area contributed by atoms with Gasteiger partial charge in [0.05, 0.1) is 5.92 Å². The number of rotatable bonds is 5. The molecule has 0 spiro atoms. The summed E-state index contributed by atoms with van der Waals surface area (Å²) in [7, 11) is 0. The van der Waals surface area contributed by atoms with Gasteiger partial charge in [-0.05, 0) is 43.4 Å². The number of carbonyl (C=O) groups is 1. The lowest BCUT2D eigenvalue weighted by atomic mass is 9.99. The van der Waals surface area contributed by atoms with Crippen LogP contribution in [-0.4, -0.2) is 25.2 Å². The molecule has 0 unspecified atom stereocenters. The van der Waals surface area contributed by atoms with Crippen LogP contribution in [0.2, 0.25) is 0 Å². The van der Waals surface area contributed by atoms with E-state index in [0.717, 1.165) is 23.5 Å². The standard InChI is InChI=1S/C17H23NO3/c1-3-4-13-9-14(13)18-17(19)11(2)12-5-6-15-16(10-12)21-8-7-20-15/h5-6,10-11,13-14H,3-4,7-9H2,1-2H3,(H,18,19)/t11-,13+,14+/m0/s1. The molecule has 1 aromatic carbocycles. The zero-order valence-electron chi connectivity index (χ0n) is 12.7. The Hall–Kier alpha value is -1.71. The van der Waals surface area contributed by atoms with Crippen molar-refractivity contribution in [3.8, 4) is 11.5 Å². The molecule has 1 aromatic rings. The molecule has 4 heteroatoms. The Bertz CT molecular complexity index is 529. The smallest absolute Gasteiger partial charge is 0.227 e. The van der Waals surface area contributed by atoms with E-state index in [-0.39, 0.29) is 11.8 Å². The highest BCUT2D eigenvalue weighted by molar-refractivity contribution is 5.84. The summed E-state index contributed by atoms with van der Waals surface area (Å²) in [6, 6.07) is 6.16. The predicted molar refractivity (Wildman–Crippen MR) is 80.8 cm³/mol. The van der Waals surface area contributed by atoms with Crippen LogP contribution >= 0.6 is 0 Å². The van der Waals surface area contributed by atoms with Crippen LogP contribution in [0.4, 0.5) is 0 Å². The maximum Gasteiger partial charge on any atom is 0.227 e. The Labute approximate surface area is 125 Å². The highest BCUT2D eigenvalue weighted by Crippen LogP contribution is 2.36. The highest BCUT2D eigenvalue weighted by Gasteiger charge is 2.38. The van der Waals surface area contributed by atoms with Gasteiger partial charge < -0.3 is 14.8 Å². The fourth-order valence-electron chi connectivity index (χ4n) is 2.90. The lowest BCUT2D eigenvalue weighted by Crippen LogP contribution is -2.31. The van der Waals surface area contributed by atoms with Crippen molar-refractivity contribution in [3.05, 3.63) is 23.8 Å². The van der Waals surface area contributed by atoms with Crippen molar-refractivity contribution < 1.29 is 14.3 Å². The van der Waals surface area contributed by atoms with E-state index in [9.17, 15) is 4.79 Å². The molecule has 1 amide bonds. The number of nitrogens with one attached hydrogen (secondary N) is 1. The average molecular weight is 289 g/mol. The second kappa shape index (κ2) is 5.96. The quantitative estimate of drug-likeness (QED) is 0.906. The molecular formula is C17H23NO3. The SMILES string of the molecule is CCC[C@@H]1C[C@H]1NC(=O)[C@@H](C)c1ccc2c(c1)OCCO2. The van der Waals surface area contributed by atoms with Crippen LogP contribution in [0.5, 0.6) is 11.5 Å². The summed E-state index contributed by atoms with van der Waals surface area (Å²) < 4.78 is 11.1. The van der Waals surface area contributed by atoms with Gasteiger partial charge in [0.1, 0.15) is 13.2 Å². The van der Waals surface area contributed by atoms with Crippen molar-refractivity contribution in [1.82, 2.24) is 5.32 Å². The van der Waals surface area contributed by atoms with Crippen LogP contribution in [0.25, 0.3) is 0 Å². The molecule has 21 heavy (non-hydrogen) atoms. The number of benzene rings is 1. The number of hydrogen-bond donors (Lipinski definition) is 1. The fourth-order valence-corrected chi connectivity index (χ4v) is 2.90. The molecule has 4 nitrogen and oxygen atoms in total. The molecule has 1 fully saturated rings. The van der Waals surface area contributed by atoms with Crippen LogP contribution in [0.15, 0.2) is 18.2 Å². The van der Waals surface area contributed by atoms with Crippen molar-refractivity contribution in [3.63, 3.8) is 0 Å². The van der Waals surface area contributed by atoms with Crippen LogP contribution in [0, 0.1) is 5.92 Å². The van der Waals surface area contributed by atoms with Gasteiger partial charge in [-0.15, -0.1) is 0 Å². The lowest BCUT2D eigenvalue weighted by Gasteiger charge is -2.20. The number of carbonyl (C=O) groups excluding carboxylic acids is 1. The van der Waals surface area contributed by atoms with E-state index in [2.05, 4.69) is 12.2 Å². The molecule has 2 aliphatic rings. The first kappa shape index (κ1) is 14.2. The minimum absolute atomic E-state index is 0.107. The molecule has 0 aromatic heterocycles. The van der Waals surface area contributed by atoms with E-state index in [1.165, 1.54) is 12.8 Å². The third-order valence-electron chi connectivity index (χ3n) is 4.37. The first-order valence-corrected chi connectivity index (χ1v) is 7.89. The highest BCUT2D eigenvalue weighted by atomic mass is 16.6. The first-order valence-electron chi connectivity index (χ1n) is 7.89. The van der Waals surface area contributed by atoms with Gasteiger partial charge in [0.25, 0.3) is 0 Å². The molecule has 1 heterocycles. The van der Waals surface area contributed by atoms with Crippen molar-refractivity contribution in [2.45, 2.75) is 45.1 Å². The minimum Gasteiger partial charge on any atom is -0.486 e. The molecule has 1 saturated carbocycles. The molecule has 1 N–H and O–H groups in total. The topological polar surface area (TPSA) is 47.6 Å². The largest absolute Gasteiger partial charge is 0.486 e. The van der Waals surface area contributed by atoms with Crippen molar-refractivity contribution in [2.24, 2.45) is 5.92 Å². The molecule has 3 atom stereocenters. The summed E-state index contributed by atoms with van der Waals surface area (Å²) in [5, 5.41) is 3.16. The molecule has 114 valence electrons. The summed E-state index contributed by atoms with van der Waals surface area (Å²) in [6.07, 6.45) is 3.53. The normalized spacial score (nSPS) is 24.3. The van der Waals surface area contributed by atoms with E-state index in [1.807, 2.05) is 25.1 Å². The zero-order chi connectivity index (χ0) is 14.8. The van der Waals surface area contributed by atoms with Crippen molar-refractivity contribution in [1.29, 1.82) is 0 Å². The Morgan fingerprint density at radius 2 is 2.10 bits per heavy atom. The Morgan fingerprint density at radius 1 is 1.33 bits per heavy atom.